The molecule has 0 radical (unpaired) electrons. The number of carbonyl (C=O) groups is 1. The van der Waals surface area contributed by atoms with Crippen LogP contribution in [-0.2, 0) is 0 Å². The lowest BCUT2D eigenvalue weighted by Crippen LogP contribution is -2.16. The molecule has 1 aromatic carbocycles. The maximum absolute atomic E-state index is 12.1. The monoisotopic (exact) mass is 290 g/mol. The minimum atomic E-state index is -0.297. The molecule has 102 valence electrons. The van der Waals surface area contributed by atoms with Gasteiger partial charge in [0.25, 0.3) is 5.91 Å². The number of pyridine rings is 1. The SMILES string of the molecule is O=C(Nc1ccc2c(c1)OCCO2)c1ccncc1Cl. The van der Waals surface area contributed by atoms with Crippen LogP contribution in [0.25, 0.3) is 0 Å². The van der Waals surface area contributed by atoms with E-state index >= 15 is 0 Å². The van der Waals surface area contributed by atoms with Crippen LogP contribution < -0.4 is 14.8 Å². The molecular weight excluding hydrogens is 280 g/mol. The number of nitrogens with one attached hydrogen (secondary N) is 1. The summed E-state index contributed by atoms with van der Waals surface area (Å²) in [5.41, 5.74) is 0.990. The van der Waals surface area contributed by atoms with Crippen molar-refractivity contribution in [2.75, 3.05) is 18.5 Å². The fraction of sp³-hybridized carbons (Fsp3) is 0.143. The molecule has 6 heteroatoms. The number of anilines is 1. The van der Waals surface area contributed by atoms with Crippen molar-refractivity contribution < 1.29 is 14.3 Å². The van der Waals surface area contributed by atoms with Crippen molar-refractivity contribution in [2.45, 2.75) is 0 Å². The van der Waals surface area contributed by atoms with Gasteiger partial charge >= 0.3 is 0 Å². The first-order chi connectivity index (χ1) is 9.74. The molecule has 2 aromatic rings. The standard InChI is InChI=1S/C14H11ClN2O3/c15-11-8-16-4-3-10(11)14(18)17-9-1-2-12-13(7-9)20-6-5-19-12/h1-4,7-8H,5-6H2,(H,17,18). The summed E-state index contributed by atoms with van der Waals surface area (Å²) < 4.78 is 10.9. The van der Waals surface area contributed by atoms with E-state index < -0.39 is 0 Å². The highest BCUT2D eigenvalue weighted by molar-refractivity contribution is 6.34. The van der Waals surface area contributed by atoms with E-state index in [1.807, 2.05) is 0 Å². The van der Waals surface area contributed by atoms with Crippen molar-refractivity contribution in [1.29, 1.82) is 0 Å². The maximum Gasteiger partial charge on any atom is 0.257 e. The van der Waals surface area contributed by atoms with Gasteiger partial charge in [0, 0.05) is 24.1 Å². The highest BCUT2D eigenvalue weighted by Gasteiger charge is 2.14. The molecule has 1 aromatic heterocycles. The van der Waals surface area contributed by atoms with Gasteiger partial charge in [0.2, 0.25) is 0 Å². The number of hydrogen-bond acceptors (Lipinski definition) is 4. The fourth-order valence-electron chi connectivity index (χ4n) is 1.88. The van der Waals surface area contributed by atoms with Crippen molar-refractivity contribution >= 4 is 23.2 Å². The van der Waals surface area contributed by atoms with E-state index in [4.69, 9.17) is 21.1 Å². The summed E-state index contributed by atoms with van der Waals surface area (Å²) in [5.74, 6) is 1.00. The molecular formula is C14H11ClN2O3. The van der Waals surface area contributed by atoms with E-state index in [1.165, 1.54) is 12.4 Å². The third-order valence-corrected chi connectivity index (χ3v) is 3.12. The fourth-order valence-corrected chi connectivity index (χ4v) is 2.08. The molecule has 3 rings (SSSR count). The number of halogens is 1. The number of carbonyl (C=O) groups excluding carboxylic acids is 1. The highest BCUT2D eigenvalue weighted by atomic mass is 35.5. The second-order valence-electron chi connectivity index (χ2n) is 4.17. The van der Waals surface area contributed by atoms with Gasteiger partial charge in [0.15, 0.2) is 11.5 Å². The molecule has 0 fully saturated rings. The van der Waals surface area contributed by atoms with Crippen LogP contribution in [0.1, 0.15) is 10.4 Å². The van der Waals surface area contributed by atoms with Crippen molar-refractivity contribution in [3.63, 3.8) is 0 Å². The van der Waals surface area contributed by atoms with Gasteiger partial charge < -0.3 is 14.8 Å². The van der Waals surface area contributed by atoms with Crippen LogP contribution in [0.3, 0.4) is 0 Å². The minimum absolute atomic E-state index is 0.297. The first-order valence-corrected chi connectivity index (χ1v) is 6.42. The Hall–Kier alpha value is -2.27. The van der Waals surface area contributed by atoms with Crippen molar-refractivity contribution in [1.82, 2.24) is 4.98 Å². The summed E-state index contributed by atoms with van der Waals surface area (Å²) in [6.45, 7) is 1.03. The Morgan fingerprint density at radius 3 is 2.80 bits per heavy atom. The number of rotatable bonds is 2. The van der Waals surface area contributed by atoms with E-state index in [1.54, 1.807) is 24.3 Å². The van der Waals surface area contributed by atoms with Gasteiger partial charge in [-0.15, -0.1) is 0 Å². The zero-order valence-electron chi connectivity index (χ0n) is 10.4. The molecule has 0 atom stereocenters. The summed E-state index contributed by atoms with van der Waals surface area (Å²) in [5, 5.41) is 3.07. The Bertz CT molecular complexity index is 661. The number of nitrogens with zero attached hydrogens (tertiary/aromatic N) is 1. The number of amides is 1. The van der Waals surface area contributed by atoms with Gasteiger partial charge in [-0.3, -0.25) is 9.78 Å². The normalized spacial score (nSPS) is 12.8. The number of benzene rings is 1. The van der Waals surface area contributed by atoms with Crippen LogP contribution in [0.5, 0.6) is 11.5 Å². The van der Waals surface area contributed by atoms with Gasteiger partial charge in [-0.25, -0.2) is 0 Å². The maximum atomic E-state index is 12.1. The molecule has 2 heterocycles. The topological polar surface area (TPSA) is 60.5 Å². The van der Waals surface area contributed by atoms with Crippen molar-refractivity contribution in [3.05, 3.63) is 47.2 Å². The van der Waals surface area contributed by atoms with Crippen LogP contribution in [0.15, 0.2) is 36.7 Å². The highest BCUT2D eigenvalue weighted by Crippen LogP contribution is 2.32. The number of ether oxygens (including phenoxy) is 2. The van der Waals surface area contributed by atoms with Gasteiger partial charge in [0.1, 0.15) is 13.2 Å². The molecule has 0 saturated carbocycles. The summed E-state index contributed by atoms with van der Waals surface area (Å²) >= 11 is 5.93. The summed E-state index contributed by atoms with van der Waals surface area (Å²) in [7, 11) is 0. The second-order valence-corrected chi connectivity index (χ2v) is 4.58. The van der Waals surface area contributed by atoms with Crippen molar-refractivity contribution in [2.24, 2.45) is 0 Å². The predicted molar refractivity (Wildman–Crippen MR) is 74.6 cm³/mol. The van der Waals surface area contributed by atoms with Gasteiger partial charge in [-0.1, -0.05) is 11.6 Å². The zero-order valence-corrected chi connectivity index (χ0v) is 11.2. The van der Waals surface area contributed by atoms with Gasteiger partial charge in [-0.05, 0) is 18.2 Å². The Morgan fingerprint density at radius 1 is 1.20 bits per heavy atom. The van der Waals surface area contributed by atoms with E-state index in [-0.39, 0.29) is 5.91 Å². The second kappa shape index (κ2) is 5.38. The summed E-state index contributed by atoms with van der Waals surface area (Å²) in [6, 6.07) is 6.80. The molecule has 5 nitrogen and oxygen atoms in total. The lowest BCUT2D eigenvalue weighted by molar-refractivity contribution is 0.102. The van der Waals surface area contributed by atoms with Crippen LogP contribution >= 0.6 is 11.6 Å². The van der Waals surface area contributed by atoms with E-state index in [0.717, 1.165) is 0 Å². The van der Waals surface area contributed by atoms with E-state index in [9.17, 15) is 4.79 Å². The molecule has 0 saturated heterocycles. The van der Waals surface area contributed by atoms with Crippen molar-refractivity contribution in [3.8, 4) is 11.5 Å². The van der Waals surface area contributed by atoms with Gasteiger partial charge in [-0.2, -0.15) is 0 Å². The number of aromatic nitrogens is 1. The molecule has 0 unspecified atom stereocenters. The average molecular weight is 291 g/mol. The molecule has 1 N–H and O–H groups in total. The molecule has 1 aliphatic heterocycles. The molecule has 0 bridgehead atoms. The zero-order chi connectivity index (χ0) is 13.9. The Labute approximate surface area is 120 Å². The quantitative estimate of drug-likeness (QED) is 0.924. The Kier molecular flexibility index (Phi) is 3.43. The minimum Gasteiger partial charge on any atom is -0.486 e. The average Bonchev–Trinajstić information content (AvgIpc) is 2.47. The lowest BCUT2D eigenvalue weighted by atomic mass is 10.2. The molecule has 1 amide bonds. The third kappa shape index (κ3) is 2.53. The van der Waals surface area contributed by atoms with Crippen LogP contribution in [0, 0.1) is 0 Å². The van der Waals surface area contributed by atoms with Crippen LogP contribution in [0.2, 0.25) is 5.02 Å². The van der Waals surface area contributed by atoms with Gasteiger partial charge in [0.05, 0.1) is 10.6 Å². The smallest absolute Gasteiger partial charge is 0.257 e. The van der Waals surface area contributed by atoms with E-state index in [2.05, 4.69) is 10.3 Å². The molecule has 0 aliphatic carbocycles. The first kappa shape index (κ1) is 12.7. The predicted octanol–water partition coefficient (Wildman–Crippen LogP) is 2.76. The largest absolute Gasteiger partial charge is 0.486 e. The molecule has 0 spiro atoms. The van der Waals surface area contributed by atoms with Crippen LogP contribution in [0.4, 0.5) is 5.69 Å². The molecule has 1 aliphatic rings. The molecule has 20 heavy (non-hydrogen) atoms. The number of fused-ring (bicyclic) bond motifs is 1. The first-order valence-electron chi connectivity index (χ1n) is 6.04. The lowest BCUT2D eigenvalue weighted by Gasteiger charge is -2.19. The van der Waals surface area contributed by atoms with E-state index in [0.29, 0.717) is 41.0 Å². The summed E-state index contributed by atoms with van der Waals surface area (Å²) in [4.78, 5) is 16.0. The third-order valence-electron chi connectivity index (χ3n) is 2.82. The number of hydrogen-bond donors (Lipinski definition) is 1. The summed E-state index contributed by atoms with van der Waals surface area (Å²) in [6.07, 6.45) is 2.95. The Balaban J connectivity index is 1.81. The van der Waals surface area contributed by atoms with Crippen LogP contribution in [-0.4, -0.2) is 24.1 Å². The Morgan fingerprint density at radius 2 is 2.00 bits per heavy atom.